The molecule has 0 saturated heterocycles. The van der Waals surface area contributed by atoms with Crippen molar-refractivity contribution in [2.45, 2.75) is 32.9 Å². The molecule has 0 N–H and O–H groups in total. The van der Waals surface area contributed by atoms with Gasteiger partial charge in [0.25, 0.3) is 0 Å². The van der Waals surface area contributed by atoms with E-state index in [-0.39, 0.29) is 11.7 Å². The lowest BCUT2D eigenvalue weighted by atomic mass is 10.0. The van der Waals surface area contributed by atoms with Gasteiger partial charge in [0.1, 0.15) is 5.69 Å². The number of fused-ring (bicyclic) bond motifs is 1. The molecule has 0 amide bonds. The Bertz CT molecular complexity index is 614. The first-order valence-corrected chi connectivity index (χ1v) is 9.62. The standard InChI is InChI=1S/C14H27N5O3S/c1-5-19-14-12(11-22-8-7-17(3)4)9-18(23(20,21)6-2)10-13(14)15-16-19/h12H,5-11H2,1-4H3/t12-/m1/s1. The molecule has 0 radical (unpaired) electrons. The first-order chi connectivity index (χ1) is 10.9. The average molecular weight is 345 g/mol. The third-order valence-electron chi connectivity index (χ3n) is 4.04. The van der Waals surface area contributed by atoms with Gasteiger partial charge in [0.2, 0.25) is 10.0 Å². The van der Waals surface area contributed by atoms with E-state index in [1.54, 1.807) is 6.92 Å². The van der Waals surface area contributed by atoms with E-state index in [4.69, 9.17) is 4.74 Å². The minimum Gasteiger partial charge on any atom is -0.379 e. The molecule has 132 valence electrons. The van der Waals surface area contributed by atoms with E-state index >= 15 is 0 Å². The zero-order valence-electron chi connectivity index (χ0n) is 14.4. The molecule has 2 rings (SSSR count). The summed E-state index contributed by atoms with van der Waals surface area (Å²) in [5.41, 5.74) is 1.76. The monoisotopic (exact) mass is 345 g/mol. The van der Waals surface area contributed by atoms with Crippen LogP contribution in [0.2, 0.25) is 0 Å². The van der Waals surface area contributed by atoms with E-state index < -0.39 is 10.0 Å². The number of rotatable bonds is 8. The molecule has 0 aliphatic carbocycles. The highest BCUT2D eigenvalue weighted by Gasteiger charge is 2.35. The second kappa shape index (κ2) is 7.69. The van der Waals surface area contributed by atoms with Gasteiger partial charge in [-0.2, -0.15) is 4.31 Å². The van der Waals surface area contributed by atoms with Crippen molar-refractivity contribution in [3.63, 3.8) is 0 Å². The molecule has 8 nitrogen and oxygen atoms in total. The zero-order chi connectivity index (χ0) is 17.0. The van der Waals surface area contributed by atoms with Crippen molar-refractivity contribution in [2.24, 2.45) is 0 Å². The van der Waals surface area contributed by atoms with Crippen molar-refractivity contribution in [2.75, 3.05) is 46.2 Å². The summed E-state index contributed by atoms with van der Waals surface area (Å²) >= 11 is 0. The number of likely N-dealkylation sites (N-methyl/N-ethyl adjacent to an activating group) is 1. The van der Waals surface area contributed by atoms with Gasteiger partial charge in [-0.05, 0) is 27.9 Å². The van der Waals surface area contributed by atoms with Gasteiger partial charge in [-0.1, -0.05) is 5.21 Å². The van der Waals surface area contributed by atoms with Gasteiger partial charge in [0, 0.05) is 25.6 Å². The number of sulfonamides is 1. The zero-order valence-corrected chi connectivity index (χ0v) is 15.2. The molecule has 1 aromatic rings. The summed E-state index contributed by atoms with van der Waals surface area (Å²) in [5, 5.41) is 8.32. The highest BCUT2D eigenvalue weighted by molar-refractivity contribution is 7.89. The summed E-state index contributed by atoms with van der Waals surface area (Å²) in [4.78, 5) is 2.05. The van der Waals surface area contributed by atoms with Gasteiger partial charge in [0.05, 0.1) is 31.2 Å². The van der Waals surface area contributed by atoms with Gasteiger partial charge >= 0.3 is 0 Å². The Morgan fingerprint density at radius 1 is 1.35 bits per heavy atom. The van der Waals surface area contributed by atoms with Crippen molar-refractivity contribution < 1.29 is 13.2 Å². The molecule has 0 aromatic carbocycles. The minimum absolute atomic E-state index is 0.0304. The average Bonchev–Trinajstić information content (AvgIpc) is 2.94. The van der Waals surface area contributed by atoms with Crippen molar-refractivity contribution in [1.82, 2.24) is 24.2 Å². The lowest BCUT2D eigenvalue weighted by Crippen LogP contribution is -2.41. The number of hydrogen-bond donors (Lipinski definition) is 0. The largest absolute Gasteiger partial charge is 0.379 e. The molecule has 1 aliphatic rings. The Morgan fingerprint density at radius 2 is 2.09 bits per heavy atom. The Kier molecular flexibility index (Phi) is 6.12. The lowest BCUT2D eigenvalue weighted by Gasteiger charge is -2.31. The Labute approximate surface area is 138 Å². The fourth-order valence-corrected chi connectivity index (χ4v) is 3.80. The van der Waals surface area contributed by atoms with E-state index in [9.17, 15) is 8.42 Å². The van der Waals surface area contributed by atoms with Crippen LogP contribution in [-0.4, -0.2) is 78.8 Å². The van der Waals surface area contributed by atoms with Crippen LogP contribution in [-0.2, 0) is 27.8 Å². The van der Waals surface area contributed by atoms with E-state index in [2.05, 4.69) is 15.2 Å². The normalized spacial score (nSPS) is 19.3. The predicted octanol–water partition coefficient (Wildman–Crippen LogP) is 0.125. The Balaban J connectivity index is 2.16. The van der Waals surface area contributed by atoms with Crippen LogP contribution in [0.3, 0.4) is 0 Å². The fraction of sp³-hybridized carbons (Fsp3) is 0.857. The minimum atomic E-state index is -3.25. The van der Waals surface area contributed by atoms with Gasteiger partial charge < -0.3 is 9.64 Å². The molecular weight excluding hydrogens is 318 g/mol. The Hall–Kier alpha value is -1.03. The van der Waals surface area contributed by atoms with E-state index in [0.29, 0.717) is 26.3 Å². The Morgan fingerprint density at radius 3 is 2.70 bits per heavy atom. The summed E-state index contributed by atoms with van der Waals surface area (Å²) in [7, 11) is 0.742. The highest BCUT2D eigenvalue weighted by atomic mass is 32.2. The molecule has 0 spiro atoms. The van der Waals surface area contributed by atoms with Crippen molar-refractivity contribution >= 4 is 10.0 Å². The molecule has 1 aliphatic heterocycles. The first kappa shape index (κ1) is 18.3. The lowest BCUT2D eigenvalue weighted by molar-refractivity contribution is 0.0950. The molecule has 0 unspecified atom stereocenters. The highest BCUT2D eigenvalue weighted by Crippen LogP contribution is 2.29. The second-order valence-corrected chi connectivity index (χ2v) is 8.26. The second-order valence-electron chi connectivity index (χ2n) is 6.01. The summed E-state index contributed by atoms with van der Waals surface area (Å²) in [5.74, 6) is 0.0653. The number of ether oxygens (including phenoxy) is 1. The van der Waals surface area contributed by atoms with Gasteiger partial charge in [-0.3, -0.25) is 0 Å². The van der Waals surface area contributed by atoms with E-state index in [0.717, 1.165) is 24.5 Å². The molecular formula is C14H27N5O3S. The van der Waals surface area contributed by atoms with E-state index in [1.807, 2.05) is 25.7 Å². The fourth-order valence-electron chi connectivity index (χ4n) is 2.71. The van der Waals surface area contributed by atoms with Crippen LogP contribution in [0.1, 0.15) is 31.2 Å². The molecule has 0 bridgehead atoms. The molecule has 9 heteroatoms. The van der Waals surface area contributed by atoms with Gasteiger partial charge in [0.15, 0.2) is 0 Å². The number of aromatic nitrogens is 3. The summed E-state index contributed by atoms with van der Waals surface area (Å²) < 4.78 is 33.6. The maximum atomic E-state index is 12.2. The van der Waals surface area contributed by atoms with Crippen LogP contribution in [0.25, 0.3) is 0 Å². The first-order valence-electron chi connectivity index (χ1n) is 8.01. The number of hydrogen-bond acceptors (Lipinski definition) is 6. The molecule has 0 fully saturated rings. The van der Waals surface area contributed by atoms with Crippen LogP contribution in [0.15, 0.2) is 0 Å². The predicted molar refractivity (Wildman–Crippen MR) is 87.7 cm³/mol. The molecule has 0 saturated carbocycles. The molecule has 1 atom stereocenters. The SMILES string of the molecule is CCn1nnc2c1[C@@H](COCCN(C)C)CN(S(=O)(=O)CC)C2. The smallest absolute Gasteiger partial charge is 0.214 e. The van der Waals surface area contributed by atoms with Crippen LogP contribution in [0.5, 0.6) is 0 Å². The summed E-state index contributed by atoms with van der Waals surface area (Å²) in [6.45, 7) is 7.05. The maximum absolute atomic E-state index is 12.2. The maximum Gasteiger partial charge on any atom is 0.214 e. The van der Waals surface area contributed by atoms with Crippen LogP contribution >= 0.6 is 0 Å². The van der Waals surface area contributed by atoms with Crippen molar-refractivity contribution in [3.8, 4) is 0 Å². The molecule has 1 aromatic heterocycles. The van der Waals surface area contributed by atoms with Gasteiger partial charge in [-0.25, -0.2) is 13.1 Å². The van der Waals surface area contributed by atoms with Gasteiger partial charge in [-0.15, -0.1) is 5.10 Å². The molecule has 2 heterocycles. The van der Waals surface area contributed by atoms with E-state index in [1.165, 1.54) is 4.31 Å². The molecule has 23 heavy (non-hydrogen) atoms. The third-order valence-corrected chi connectivity index (χ3v) is 5.84. The quantitative estimate of drug-likeness (QED) is 0.623. The van der Waals surface area contributed by atoms with Crippen LogP contribution in [0, 0.1) is 0 Å². The van der Waals surface area contributed by atoms with Crippen LogP contribution in [0.4, 0.5) is 0 Å². The number of aryl methyl sites for hydroxylation is 1. The number of nitrogens with zero attached hydrogens (tertiary/aromatic N) is 5. The summed E-state index contributed by atoms with van der Waals surface area (Å²) in [6, 6.07) is 0. The van der Waals surface area contributed by atoms with Crippen molar-refractivity contribution in [3.05, 3.63) is 11.4 Å². The third kappa shape index (κ3) is 4.28. The summed E-state index contributed by atoms with van der Waals surface area (Å²) in [6.07, 6.45) is 0. The van der Waals surface area contributed by atoms with Crippen molar-refractivity contribution in [1.29, 1.82) is 0 Å². The van der Waals surface area contributed by atoms with Crippen LogP contribution < -0.4 is 0 Å². The topological polar surface area (TPSA) is 80.6 Å².